The van der Waals surface area contributed by atoms with E-state index in [1.54, 1.807) is 23.6 Å². The molecule has 182 valence electrons. The first kappa shape index (κ1) is 25.2. The molecule has 2 atom stereocenters. The second-order valence-electron chi connectivity index (χ2n) is 9.14. The summed E-state index contributed by atoms with van der Waals surface area (Å²) in [6, 6.07) is 13.0. The van der Waals surface area contributed by atoms with Crippen LogP contribution in [0.3, 0.4) is 0 Å². The van der Waals surface area contributed by atoms with Gasteiger partial charge in [-0.2, -0.15) is 5.26 Å². The summed E-state index contributed by atoms with van der Waals surface area (Å²) in [5, 5.41) is 12.2. The van der Waals surface area contributed by atoms with Crippen molar-refractivity contribution in [2.45, 2.75) is 31.5 Å². The van der Waals surface area contributed by atoms with Gasteiger partial charge in [0.1, 0.15) is 22.2 Å². The van der Waals surface area contributed by atoms with E-state index in [9.17, 15) is 14.4 Å². The van der Waals surface area contributed by atoms with Gasteiger partial charge in [0, 0.05) is 29.4 Å². The van der Waals surface area contributed by atoms with Gasteiger partial charge in [0.05, 0.1) is 17.7 Å². The van der Waals surface area contributed by atoms with Crippen LogP contribution < -0.4 is 11.3 Å². The van der Waals surface area contributed by atoms with Crippen molar-refractivity contribution >= 4 is 28.8 Å². The molecule has 35 heavy (non-hydrogen) atoms. The summed E-state index contributed by atoms with van der Waals surface area (Å²) in [6.45, 7) is 3.99. The Labute approximate surface area is 211 Å². The Hall–Kier alpha value is -2.90. The minimum absolute atomic E-state index is 0.120. The topological polar surface area (TPSA) is 95.0 Å². The van der Waals surface area contributed by atoms with Gasteiger partial charge in [0.25, 0.3) is 5.91 Å². The number of nitrogens with one attached hydrogen (secondary N) is 1. The summed E-state index contributed by atoms with van der Waals surface area (Å²) < 4.78 is 29.6. The quantitative estimate of drug-likeness (QED) is 0.263. The molecule has 0 saturated carbocycles. The number of hydrogen-bond donors (Lipinski definition) is 2. The molecule has 2 aromatic carbocycles. The molecule has 1 amide bonds. The van der Waals surface area contributed by atoms with Crippen molar-refractivity contribution < 1.29 is 13.6 Å². The van der Waals surface area contributed by atoms with Crippen molar-refractivity contribution in [3.8, 4) is 6.07 Å². The van der Waals surface area contributed by atoms with Crippen LogP contribution in [0.2, 0.25) is 5.02 Å². The number of benzene rings is 2. The molecule has 0 spiro atoms. The number of carbonyl (C=O) groups is 1. The number of hydrazine groups is 1. The fourth-order valence-electron chi connectivity index (χ4n) is 4.80. The Balaban J connectivity index is 1.65. The third kappa shape index (κ3) is 5.36. The molecule has 1 aliphatic heterocycles. The van der Waals surface area contributed by atoms with Crippen LogP contribution in [0.5, 0.6) is 0 Å². The zero-order valence-electron chi connectivity index (χ0n) is 19.1. The molecule has 1 fully saturated rings. The fraction of sp³-hybridized carbons (Fsp3) is 0.320. The number of likely N-dealkylation sites (tertiary alicyclic amines) is 1. The number of halogens is 3. The van der Waals surface area contributed by atoms with E-state index in [1.807, 2.05) is 18.2 Å². The van der Waals surface area contributed by atoms with Crippen LogP contribution in [0.15, 0.2) is 47.8 Å². The van der Waals surface area contributed by atoms with Crippen LogP contribution in [0, 0.1) is 23.1 Å². The third-order valence-corrected chi connectivity index (χ3v) is 7.38. The van der Waals surface area contributed by atoms with Crippen molar-refractivity contribution in [2.24, 2.45) is 11.8 Å². The van der Waals surface area contributed by atoms with E-state index in [2.05, 4.69) is 15.3 Å². The number of nitrogens with zero attached hydrogens (tertiary/aromatic N) is 3. The number of nitrogens with two attached hydrogens (primary N) is 1. The molecule has 1 aliphatic rings. The van der Waals surface area contributed by atoms with Gasteiger partial charge in [-0.25, -0.2) is 19.6 Å². The molecular weight excluding hydrogens is 492 g/mol. The van der Waals surface area contributed by atoms with Gasteiger partial charge in [0.2, 0.25) is 0 Å². The SMILES string of the molecule is CC(C)(F)[C@H](c1cc(F)cc(C#N)c1)C1CN([C@@H](c2ccc(Cl)cc2)c2nc(C(=O)NN)cs2)C1. The standard InChI is InChI=1S/C25H24ClF2N5OS/c1-25(2,28)21(16-7-14(10-29)8-19(27)9-16)17-11-33(12-17)22(15-3-5-18(26)6-4-15)24-31-20(13-35-24)23(34)32-30/h3-9,13,17,21-22H,11-12,30H2,1-2H3,(H,32,34)/t21-,22+/m1/s1. The Morgan fingerprint density at radius 3 is 2.57 bits per heavy atom. The van der Waals surface area contributed by atoms with Gasteiger partial charge in [-0.1, -0.05) is 23.7 Å². The van der Waals surface area contributed by atoms with Gasteiger partial charge < -0.3 is 0 Å². The predicted octanol–water partition coefficient (Wildman–Crippen LogP) is 4.96. The molecule has 3 aromatic rings. The molecule has 3 N–H and O–H groups in total. The van der Waals surface area contributed by atoms with E-state index < -0.39 is 23.3 Å². The second kappa shape index (κ2) is 9.99. The van der Waals surface area contributed by atoms with Crippen molar-refractivity contribution in [1.29, 1.82) is 5.26 Å². The van der Waals surface area contributed by atoms with Gasteiger partial charge in [-0.15, -0.1) is 11.3 Å². The lowest BCUT2D eigenvalue weighted by molar-refractivity contribution is 0.00805. The molecule has 0 unspecified atom stereocenters. The minimum atomic E-state index is -1.64. The average Bonchev–Trinajstić information content (AvgIpc) is 3.26. The third-order valence-electron chi connectivity index (χ3n) is 6.23. The number of carbonyl (C=O) groups excluding carboxylic acids is 1. The summed E-state index contributed by atoms with van der Waals surface area (Å²) in [5.74, 6) is 3.48. The van der Waals surface area contributed by atoms with Gasteiger partial charge in [-0.3, -0.25) is 15.1 Å². The number of nitrogen functional groups attached to an aromatic ring is 1. The van der Waals surface area contributed by atoms with Crippen LogP contribution >= 0.6 is 22.9 Å². The van der Waals surface area contributed by atoms with Crippen LogP contribution in [-0.2, 0) is 0 Å². The normalized spacial score (nSPS) is 16.3. The van der Waals surface area contributed by atoms with Gasteiger partial charge >= 0.3 is 0 Å². The van der Waals surface area contributed by atoms with Crippen molar-refractivity contribution in [2.75, 3.05) is 13.1 Å². The van der Waals surface area contributed by atoms with E-state index in [-0.39, 0.29) is 23.2 Å². The zero-order valence-corrected chi connectivity index (χ0v) is 20.7. The average molecular weight is 516 g/mol. The molecule has 0 aliphatic carbocycles. The van der Waals surface area contributed by atoms with Crippen molar-refractivity contribution in [1.82, 2.24) is 15.3 Å². The summed E-state index contributed by atoms with van der Waals surface area (Å²) in [4.78, 5) is 18.6. The van der Waals surface area contributed by atoms with Crippen LogP contribution in [0.1, 0.15) is 58.0 Å². The van der Waals surface area contributed by atoms with E-state index in [1.165, 1.54) is 31.3 Å². The monoisotopic (exact) mass is 515 g/mol. The van der Waals surface area contributed by atoms with Gasteiger partial charge in [-0.05, 0) is 61.2 Å². The predicted molar refractivity (Wildman–Crippen MR) is 131 cm³/mol. The number of amides is 1. The number of aromatic nitrogens is 1. The zero-order chi connectivity index (χ0) is 25.3. The van der Waals surface area contributed by atoms with Gasteiger partial charge in [0.15, 0.2) is 0 Å². The Bertz CT molecular complexity index is 1260. The largest absolute Gasteiger partial charge is 0.290 e. The number of nitriles is 1. The fourth-order valence-corrected chi connectivity index (χ4v) is 5.89. The molecular formula is C25H24ClF2N5OS. The lowest BCUT2D eigenvalue weighted by Crippen LogP contribution is -2.53. The minimum Gasteiger partial charge on any atom is -0.290 e. The van der Waals surface area contributed by atoms with Crippen LogP contribution in [-0.4, -0.2) is 34.5 Å². The first-order valence-electron chi connectivity index (χ1n) is 11.0. The Morgan fingerprint density at radius 1 is 1.29 bits per heavy atom. The summed E-state index contributed by atoms with van der Waals surface area (Å²) in [5.41, 5.74) is 2.23. The maximum absolute atomic E-state index is 15.4. The lowest BCUT2D eigenvalue weighted by Gasteiger charge is -2.49. The highest BCUT2D eigenvalue weighted by molar-refractivity contribution is 7.10. The molecule has 4 rings (SSSR count). The summed E-state index contributed by atoms with van der Waals surface area (Å²) in [7, 11) is 0. The molecule has 1 saturated heterocycles. The highest BCUT2D eigenvalue weighted by atomic mass is 35.5. The van der Waals surface area contributed by atoms with E-state index in [0.29, 0.717) is 28.7 Å². The number of alkyl halides is 1. The Kier molecular flexibility index (Phi) is 7.20. The molecule has 1 aromatic heterocycles. The number of thiazole rings is 1. The number of rotatable bonds is 7. The van der Waals surface area contributed by atoms with Crippen LogP contribution in [0.25, 0.3) is 0 Å². The smallest absolute Gasteiger partial charge is 0.284 e. The second-order valence-corrected chi connectivity index (χ2v) is 10.5. The molecule has 2 heterocycles. The first-order chi connectivity index (χ1) is 16.6. The van der Waals surface area contributed by atoms with E-state index >= 15 is 4.39 Å². The molecule has 0 bridgehead atoms. The molecule has 10 heteroatoms. The van der Waals surface area contributed by atoms with Crippen molar-refractivity contribution in [3.05, 3.63) is 86.1 Å². The lowest BCUT2D eigenvalue weighted by atomic mass is 9.72. The highest BCUT2D eigenvalue weighted by Crippen LogP contribution is 2.46. The maximum atomic E-state index is 15.4. The van der Waals surface area contributed by atoms with Crippen molar-refractivity contribution in [3.63, 3.8) is 0 Å². The maximum Gasteiger partial charge on any atom is 0.284 e. The number of hydrogen-bond acceptors (Lipinski definition) is 6. The van der Waals surface area contributed by atoms with Crippen LogP contribution in [0.4, 0.5) is 8.78 Å². The van der Waals surface area contributed by atoms with E-state index in [4.69, 9.17) is 17.4 Å². The Morgan fingerprint density at radius 2 is 1.97 bits per heavy atom. The highest BCUT2D eigenvalue weighted by Gasteiger charge is 2.45. The first-order valence-corrected chi connectivity index (χ1v) is 12.2. The molecule has 0 radical (unpaired) electrons. The summed E-state index contributed by atoms with van der Waals surface area (Å²) >= 11 is 7.42. The summed E-state index contributed by atoms with van der Waals surface area (Å²) in [6.07, 6.45) is 0. The molecule has 6 nitrogen and oxygen atoms in total. The van der Waals surface area contributed by atoms with E-state index in [0.717, 1.165) is 11.6 Å².